The number of hydrogen-bond acceptors (Lipinski definition) is 8. The lowest BCUT2D eigenvalue weighted by Gasteiger charge is -2.19. The zero-order valence-corrected chi connectivity index (χ0v) is 14.0. The zero-order chi connectivity index (χ0) is 17.8. The largest absolute Gasteiger partial charge is 0.465 e. The van der Waals surface area contributed by atoms with Gasteiger partial charge in [-0.1, -0.05) is 0 Å². The lowest BCUT2D eigenvalue weighted by molar-refractivity contribution is -0.167. The molecule has 0 bridgehead atoms. The molecule has 0 aromatic rings. The molecule has 0 aliphatic carbocycles. The average Bonchev–Trinajstić information content (AvgIpc) is 2.48. The van der Waals surface area contributed by atoms with Crippen LogP contribution in [0.5, 0.6) is 0 Å². The van der Waals surface area contributed by atoms with E-state index in [4.69, 9.17) is 18.9 Å². The standard InChI is InChI=1S/C15H24O8/c1-5-20-12(16)10(13(17)21-6-2)9-11(14(18)22-7-3)15(19)23-8-4/h10-11H,5-9H2,1-4H3/i10+1,11+1,12+1,13+1,14+1,15+1. The van der Waals surface area contributed by atoms with Gasteiger partial charge in [0, 0.05) is 0 Å². The van der Waals surface area contributed by atoms with Crippen molar-refractivity contribution in [1.82, 2.24) is 0 Å². The molecule has 0 atom stereocenters. The molecule has 0 rings (SSSR count). The van der Waals surface area contributed by atoms with Gasteiger partial charge in [-0.2, -0.15) is 0 Å². The number of ether oxygens (including phenoxy) is 4. The van der Waals surface area contributed by atoms with E-state index in [0.29, 0.717) is 0 Å². The van der Waals surface area contributed by atoms with E-state index in [1.54, 1.807) is 27.7 Å². The summed E-state index contributed by atoms with van der Waals surface area (Å²) in [5.74, 6) is -6.22. The third-order valence-electron chi connectivity index (χ3n) is 2.76. The predicted molar refractivity (Wildman–Crippen MR) is 78.1 cm³/mol. The first kappa shape index (κ1) is 20.9. The van der Waals surface area contributed by atoms with Gasteiger partial charge in [-0.25, -0.2) is 0 Å². The summed E-state index contributed by atoms with van der Waals surface area (Å²) in [6.45, 7) is 6.53. The Bertz CT molecular complexity index is 344. The molecule has 0 fully saturated rings. The monoisotopic (exact) mass is 338 g/mol. The van der Waals surface area contributed by atoms with Crippen LogP contribution in [-0.2, 0) is 38.1 Å². The quantitative estimate of drug-likeness (QED) is 0.250. The Labute approximate surface area is 135 Å². The zero-order valence-electron chi connectivity index (χ0n) is 14.0. The highest BCUT2D eigenvalue weighted by atomic mass is 16.7. The topological polar surface area (TPSA) is 105 Å². The Morgan fingerprint density at radius 2 is 0.783 bits per heavy atom. The van der Waals surface area contributed by atoms with Gasteiger partial charge < -0.3 is 18.9 Å². The summed E-state index contributed by atoms with van der Waals surface area (Å²) >= 11 is 0. The fourth-order valence-electron chi connectivity index (χ4n) is 1.78. The highest BCUT2D eigenvalue weighted by Gasteiger charge is 2.39. The van der Waals surface area contributed by atoms with Crippen LogP contribution in [0.4, 0.5) is 0 Å². The summed E-state index contributed by atoms with van der Waals surface area (Å²) in [6, 6.07) is 0. The van der Waals surface area contributed by atoms with Gasteiger partial charge in [0.25, 0.3) is 0 Å². The lowest BCUT2D eigenvalue weighted by Crippen LogP contribution is -2.36. The molecule has 0 N–H and O–H groups in total. The Balaban J connectivity index is 5.30. The molecule has 23 heavy (non-hydrogen) atoms. The lowest BCUT2D eigenvalue weighted by atomic mass is 10.6. The summed E-state index contributed by atoms with van der Waals surface area (Å²) in [5.41, 5.74) is 0. The van der Waals surface area contributed by atoms with E-state index in [2.05, 4.69) is 0 Å². The number of esters is 4. The van der Waals surface area contributed by atoms with Gasteiger partial charge in [-0.05, 0) is 34.1 Å². The van der Waals surface area contributed by atoms with Crippen molar-refractivity contribution >= 4 is 23.9 Å². The first-order chi connectivity index (χ1) is 10.9. The highest BCUT2D eigenvalue weighted by molar-refractivity contribution is 5.99. The van der Waals surface area contributed by atoms with Crippen molar-refractivity contribution in [2.24, 2.45) is 11.8 Å². The van der Waals surface area contributed by atoms with Crippen molar-refractivity contribution < 1.29 is 38.1 Å². The summed E-state index contributed by atoms with van der Waals surface area (Å²) in [4.78, 5) is 47.7. The average molecular weight is 338 g/mol. The van der Waals surface area contributed by atoms with Gasteiger partial charge in [0.1, 0.15) is 0 Å². The maximum Gasteiger partial charge on any atom is 0.320 e. The Hall–Kier alpha value is -2.12. The number of carbonyl (C=O) groups is 4. The van der Waals surface area contributed by atoms with Crippen LogP contribution in [-0.4, -0.2) is 50.3 Å². The minimum atomic E-state index is -1.39. The molecule has 0 amide bonds. The second kappa shape index (κ2) is 11.4. The SMILES string of the molecule is CCO[13C](=O)[13CH](C[13CH]([13C](=O)OCC)[13C](=O)OCC)[13C](=O)OCC. The molecule has 0 heterocycles. The molecule has 0 aliphatic rings. The summed E-state index contributed by atoms with van der Waals surface area (Å²) in [7, 11) is 0. The molecule has 8 heteroatoms. The van der Waals surface area contributed by atoms with Crippen molar-refractivity contribution in [3.8, 4) is 0 Å². The molecule has 0 saturated heterocycles. The van der Waals surface area contributed by atoms with Crippen LogP contribution in [0, 0.1) is 11.8 Å². The fourth-order valence-corrected chi connectivity index (χ4v) is 1.78. The van der Waals surface area contributed by atoms with Gasteiger partial charge in [0.05, 0.1) is 26.4 Å². The van der Waals surface area contributed by atoms with Crippen molar-refractivity contribution in [3.63, 3.8) is 0 Å². The molecule has 0 aromatic heterocycles. The normalized spacial score (nSPS) is 10.3. The van der Waals surface area contributed by atoms with Gasteiger partial charge in [0.15, 0.2) is 11.8 Å². The Morgan fingerprint density at radius 1 is 0.565 bits per heavy atom. The minimum Gasteiger partial charge on any atom is -0.465 e. The number of rotatable bonds is 10. The molecule has 0 spiro atoms. The van der Waals surface area contributed by atoms with E-state index in [1.165, 1.54) is 0 Å². The molecule has 0 aromatic carbocycles. The van der Waals surface area contributed by atoms with Crippen LogP contribution in [0.2, 0.25) is 0 Å². The van der Waals surface area contributed by atoms with Gasteiger partial charge in [0.2, 0.25) is 0 Å². The van der Waals surface area contributed by atoms with Gasteiger partial charge in [-0.3, -0.25) is 19.2 Å². The van der Waals surface area contributed by atoms with Crippen LogP contribution < -0.4 is 0 Å². The molecule has 132 valence electrons. The smallest absolute Gasteiger partial charge is 0.320 e. The van der Waals surface area contributed by atoms with Crippen molar-refractivity contribution in [3.05, 3.63) is 0 Å². The molecule has 0 aliphatic heterocycles. The Morgan fingerprint density at radius 3 is 0.957 bits per heavy atom. The fraction of sp³-hybridized carbons (Fsp3) is 0.733. The maximum absolute atomic E-state index is 11.9. The van der Waals surface area contributed by atoms with Crippen LogP contribution in [0.1, 0.15) is 34.1 Å². The third kappa shape index (κ3) is 7.12. The van der Waals surface area contributed by atoms with Crippen molar-refractivity contribution in [2.75, 3.05) is 26.4 Å². The van der Waals surface area contributed by atoms with E-state index >= 15 is 0 Å². The van der Waals surface area contributed by atoms with Gasteiger partial charge >= 0.3 is 23.9 Å². The highest BCUT2D eigenvalue weighted by Crippen LogP contribution is 2.19. The number of hydrogen-bond donors (Lipinski definition) is 0. The molecule has 0 unspecified atom stereocenters. The van der Waals surface area contributed by atoms with Crippen molar-refractivity contribution in [2.45, 2.75) is 34.1 Å². The molecule has 0 saturated carbocycles. The van der Waals surface area contributed by atoms with Gasteiger partial charge in [-0.15, -0.1) is 0 Å². The second-order valence-electron chi connectivity index (χ2n) is 4.35. The molecular weight excluding hydrogens is 314 g/mol. The molecular formula is C15H24O8. The van der Waals surface area contributed by atoms with E-state index in [-0.39, 0.29) is 26.4 Å². The van der Waals surface area contributed by atoms with E-state index in [9.17, 15) is 19.2 Å². The summed E-state index contributed by atoms with van der Waals surface area (Å²) in [6.07, 6.45) is -0.421. The molecule has 8 nitrogen and oxygen atoms in total. The summed E-state index contributed by atoms with van der Waals surface area (Å²) in [5, 5.41) is 0. The van der Waals surface area contributed by atoms with E-state index in [1.807, 2.05) is 0 Å². The van der Waals surface area contributed by atoms with Crippen molar-refractivity contribution in [1.29, 1.82) is 0 Å². The molecule has 0 radical (unpaired) electrons. The van der Waals surface area contributed by atoms with Crippen LogP contribution >= 0.6 is 0 Å². The van der Waals surface area contributed by atoms with E-state index < -0.39 is 42.1 Å². The van der Waals surface area contributed by atoms with Crippen LogP contribution in [0.3, 0.4) is 0 Å². The number of carbonyl (C=O) groups excluding carboxylic acids is 4. The minimum absolute atomic E-state index is 0.0538. The maximum atomic E-state index is 11.9. The predicted octanol–water partition coefficient (Wildman–Crippen LogP) is 0.861. The third-order valence-corrected chi connectivity index (χ3v) is 2.76. The van der Waals surface area contributed by atoms with E-state index in [0.717, 1.165) is 0 Å². The summed E-state index contributed by atoms with van der Waals surface area (Å²) < 4.78 is 19.2. The first-order valence-corrected chi connectivity index (χ1v) is 7.59. The van der Waals surface area contributed by atoms with Crippen LogP contribution in [0.25, 0.3) is 0 Å². The second-order valence-corrected chi connectivity index (χ2v) is 4.35. The Kier molecular flexibility index (Phi) is 10.4. The van der Waals surface area contributed by atoms with Crippen LogP contribution in [0.15, 0.2) is 0 Å². The first-order valence-electron chi connectivity index (χ1n) is 7.59.